The highest BCUT2D eigenvalue weighted by molar-refractivity contribution is 7.36. The fourth-order valence-electron chi connectivity index (χ4n) is 2.10. The van der Waals surface area contributed by atoms with Gasteiger partial charge in [-0.05, 0) is 5.56 Å². The van der Waals surface area contributed by atoms with Gasteiger partial charge in [0.15, 0.2) is 5.78 Å². The van der Waals surface area contributed by atoms with Crippen LogP contribution in [0.4, 0.5) is 0 Å². The molecule has 22 heavy (non-hydrogen) atoms. The normalized spacial score (nSPS) is 10.2. The molecule has 2 aromatic carbocycles. The van der Waals surface area contributed by atoms with Gasteiger partial charge in [-0.15, -0.1) is 22.7 Å². The van der Waals surface area contributed by atoms with E-state index >= 15 is 0 Å². The summed E-state index contributed by atoms with van der Waals surface area (Å²) in [5, 5.41) is 0. The first-order valence-electron chi connectivity index (χ1n) is 6.70. The fraction of sp³-hybridized carbons (Fsp3) is 0. The maximum atomic E-state index is 12.9. The summed E-state index contributed by atoms with van der Waals surface area (Å²) in [5.74, 6) is 0.00644. The molecule has 0 saturated heterocycles. The number of carbonyl (C=O) groups excluding carboxylic acids is 2. The quantitative estimate of drug-likeness (QED) is 0.546. The Kier molecular flexibility index (Phi) is 4.42. The van der Waals surface area contributed by atoms with Gasteiger partial charge < -0.3 is 0 Å². The van der Waals surface area contributed by atoms with E-state index < -0.39 is 0 Å². The Morgan fingerprint density at radius 2 is 1.36 bits per heavy atom. The SMILES string of the molecule is O=CC=c1sc(=C(C(=O)c2ccccc2)c2ccccc2)s1. The Balaban J connectivity index is 2.17. The predicted octanol–water partition coefficient (Wildman–Crippen LogP) is 2.87. The fourth-order valence-corrected chi connectivity index (χ4v) is 4.14. The van der Waals surface area contributed by atoms with Crippen molar-refractivity contribution in [2.24, 2.45) is 0 Å². The molecule has 3 rings (SSSR count). The molecular formula is C18H12O2S2. The molecular weight excluding hydrogens is 312 g/mol. The summed E-state index contributed by atoms with van der Waals surface area (Å²) in [6.45, 7) is 0. The molecule has 1 heterocycles. The average Bonchev–Trinajstić information content (AvgIpc) is 2.54. The van der Waals surface area contributed by atoms with Crippen molar-refractivity contribution >= 4 is 46.4 Å². The zero-order valence-electron chi connectivity index (χ0n) is 11.6. The van der Waals surface area contributed by atoms with Crippen molar-refractivity contribution in [3.63, 3.8) is 0 Å². The van der Waals surface area contributed by atoms with Crippen molar-refractivity contribution in [1.82, 2.24) is 0 Å². The number of rotatable bonds is 4. The zero-order valence-corrected chi connectivity index (χ0v) is 13.2. The van der Waals surface area contributed by atoms with Gasteiger partial charge >= 0.3 is 0 Å². The standard InChI is InChI=1S/C18H12O2S2/c19-12-11-15-21-18(22-15)16(13-7-3-1-4-8-13)17(20)14-9-5-2-6-10-14/h1-12H. The number of carbonyl (C=O) groups is 2. The maximum absolute atomic E-state index is 12.9. The molecule has 0 fully saturated rings. The Hall–Kier alpha value is -2.30. The summed E-state index contributed by atoms with van der Waals surface area (Å²) in [5.41, 5.74) is 2.27. The van der Waals surface area contributed by atoms with Crippen molar-refractivity contribution in [1.29, 1.82) is 0 Å². The molecule has 0 aliphatic heterocycles. The first-order chi connectivity index (χ1) is 10.8. The Bertz CT molecular complexity index is 885. The van der Waals surface area contributed by atoms with Crippen LogP contribution in [0.25, 0.3) is 11.6 Å². The van der Waals surface area contributed by atoms with Crippen molar-refractivity contribution in [2.75, 3.05) is 0 Å². The van der Waals surface area contributed by atoms with Gasteiger partial charge in [0.05, 0.1) is 13.3 Å². The Morgan fingerprint density at radius 3 is 1.91 bits per heavy atom. The Morgan fingerprint density at radius 1 is 0.818 bits per heavy atom. The van der Waals surface area contributed by atoms with Gasteiger partial charge in [-0.3, -0.25) is 9.59 Å². The summed E-state index contributed by atoms with van der Waals surface area (Å²) in [6, 6.07) is 18.9. The third kappa shape index (κ3) is 2.98. The number of hydrogen-bond acceptors (Lipinski definition) is 4. The van der Waals surface area contributed by atoms with Crippen LogP contribution >= 0.6 is 22.7 Å². The molecule has 4 heteroatoms. The molecule has 0 atom stereocenters. The molecule has 108 valence electrons. The summed E-state index contributed by atoms with van der Waals surface area (Å²) < 4.78 is 1.85. The van der Waals surface area contributed by atoms with Gasteiger partial charge in [-0.2, -0.15) is 0 Å². The monoisotopic (exact) mass is 324 g/mol. The second-order valence-electron chi connectivity index (χ2n) is 4.55. The molecule has 1 aromatic heterocycles. The molecule has 0 amide bonds. The number of hydrogen-bond donors (Lipinski definition) is 0. The van der Waals surface area contributed by atoms with E-state index in [0.29, 0.717) is 11.1 Å². The smallest absolute Gasteiger partial charge is 0.195 e. The van der Waals surface area contributed by atoms with E-state index in [2.05, 4.69) is 0 Å². The lowest BCUT2D eigenvalue weighted by Gasteiger charge is -2.08. The highest BCUT2D eigenvalue weighted by Crippen LogP contribution is 2.18. The summed E-state index contributed by atoms with van der Waals surface area (Å²) in [6.07, 6.45) is 2.29. The molecule has 0 unspecified atom stereocenters. The second-order valence-corrected chi connectivity index (χ2v) is 7.17. The summed E-state index contributed by atoms with van der Waals surface area (Å²) in [4.78, 5) is 23.4. The lowest BCUT2D eigenvalue weighted by atomic mass is 9.98. The zero-order chi connectivity index (χ0) is 15.4. The highest BCUT2D eigenvalue weighted by Gasteiger charge is 2.16. The van der Waals surface area contributed by atoms with Gasteiger partial charge in [0, 0.05) is 11.6 Å². The lowest BCUT2D eigenvalue weighted by Crippen LogP contribution is -2.19. The van der Waals surface area contributed by atoms with Gasteiger partial charge in [-0.25, -0.2) is 0 Å². The minimum atomic E-state index is 0.00644. The molecule has 3 aromatic rings. The topological polar surface area (TPSA) is 34.1 Å². The maximum Gasteiger partial charge on any atom is 0.195 e. The van der Waals surface area contributed by atoms with Crippen molar-refractivity contribution < 1.29 is 9.59 Å². The van der Waals surface area contributed by atoms with E-state index in [9.17, 15) is 9.59 Å². The molecule has 0 saturated carbocycles. The molecule has 2 nitrogen and oxygen atoms in total. The number of aldehydes is 1. The van der Waals surface area contributed by atoms with Crippen LogP contribution in [0.2, 0.25) is 0 Å². The summed E-state index contributed by atoms with van der Waals surface area (Å²) in [7, 11) is 0. The van der Waals surface area contributed by atoms with Crippen molar-refractivity contribution in [3.8, 4) is 0 Å². The van der Waals surface area contributed by atoms with E-state index in [1.54, 1.807) is 0 Å². The van der Waals surface area contributed by atoms with E-state index in [4.69, 9.17) is 0 Å². The van der Waals surface area contributed by atoms with E-state index in [1.807, 2.05) is 60.7 Å². The molecule has 0 bridgehead atoms. The summed E-state index contributed by atoms with van der Waals surface area (Å²) >= 11 is 2.95. The van der Waals surface area contributed by atoms with Crippen LogP contribution < -0.4 is 7.69 Å². The molecule has 0 radical (unpaired) electrons. The lowest BCUT2D eigenvalue weighted by molar-refractivity contribution is -0.103. The van der Waals surface area contributed by atoms with Crippen molar-refractivity contribution in [2.45, 2.75) is 0 Å². The molecule has 0 spiro atoms. The van der Waals surface area contributed by atoms with Crippen LogP contribution in [-0.2, 0) is 4.79 Å². The largest absolute Gasteiger partial charge is 0.298 e. The van der Waals surface area contributed by atoms with Crippen LogP contribution in [0.3, 0.4) is 0 Å². The minimum Gasteiger partial charge on any atom is -0.298 e. The molecule has 0 aliphatic rings. The van der Waals surface area contributed by atoms with E-state index in [1.165, 1.54) is 28.7 Å². The van der Waals surface area contributed by atoms with E-state index in [0.717, 1.165) is 19.5 Å². The van der Waals surface area contributed by atoms with Crippen LogP contribution in [0.5, 0.6) is 0 Å². The average molecular weight is 324 g/mol. The van der Waals surface area contributed by atoms with Gasteiger partial charge in [0.2, 0.25) is 0 Å². The van der Waals surface area contributed by atoms with E-state index in [-0.39, 0.29) is 5.78 Å². The van der Waals surface area contributed by atoms with Crippen molar-refractivity contribution in [3.05, 3.63) is 79.5 Å². The predicted molar refractivity (Wildman–Crippen MR) is 91.7 cm³/mol. The second kappa shape index (κ2) is 6.64. The first kappa shape index (κ1) is 14.6. The first-order valence-corrected chi connectivity index (χ1v) is 8.33. The van der Waals surface area contributed by atoms with Gasteiger partial charge in [0.1, 0.15) is 6.29 Å². The third-order valence-corrected chi connectivity index (χ3v) is 5.57. The van der Waals surface area contributed by atoms with Crippen LogP contribution in [0, 0.1) is 0 Å². The molecule has 0 N–H and O–H groups in total. The molecule has 0 aliphatic carbocycles. The van der Waals surface area contributed by atoms with Crippen LogP contribution in [0.1, 0.15) is 15.9 Å². The Labute approximate surface area is 135 Å². The van der Waals surface area contributed by atoms with Gasteiger partial charge in [-0.1, -0.05) is 60.7 Å². The minimum absolute atomic E-state index is 0.00644. The number of Topliss-reactive ketones (excluding diaryl/α,β-unsaturated/α-hetero) is 1. The van der Waals surface area contributed by atoms with Gasteiger partial charge in [0.25, 0.3) is 0 Å². The number of ketones is 1. The van der Waals surface area contributed by atoms with Crippen LogP contribution in [-0.4, -0.2) is 12.1 Å². The third-order valence-electron chi connectivity index (χ3n) is 3.12. The highest BCUT2D eigenvalue weighted by atomic mass is 32.2. The number of benzene rings is 2. The van der Waals surface area contributed by atoms with Crippen LogP contribution in [0.15, 0.2) is 60.7 Å².